The van der Waals surface area contributed by atoms with E-state index in [4.69, 9.17) is 0 Å². The normalized spacial score (nSPS) is 10.3. The smallest absolute Gasteiger partial charge is 0.139 e. The van der Waals surface area contributed by atoms with Gasteiger partial charge in [0.15, 0.2) is 0 Å². The number of aromatic nitrogens is 2. The highest BCUT2D eigenvalue weighted by Crippen LogP contribution is 2.25. The molecule has 0 fully saturated rings. The summed E-state index contributed by atoms with van der Waals surface area (Å²) < 4.78 is 1.04. The minimum atomic E-state index is 0.860. The predicted octanol–water partition coefficient (Wildman–Crippen LogP) is 3.98. The summed E-state index contributed by atoms with van der Waals surface area (Å²) in [5.41, 5.74) is 2.12. The van der Waals surface area contributed by atoms with Crippen LogP contribution in [-0.4, -0.2) is 17.0 Å². The first-order valence-electron chi connectivity index (χ1n) is 6.28. The molecule has 100 valence electrons. The number of halogens is 1. The van der Waals surface area contributed by atoms with Gasteiger partial charge in [-0.15, -0.1) is 0 Å². The van der Waals surface area contributed by atoms with Crippen LogP contribution in [0.15, 0.2) is 35.1 Å². The van der Waals surface area contributed by atoms with Crippen molar-refractivity contribution in [2.24, 2.45) is 0 Å². The van der Waals surface area contributed by atoms with Gasteiger partial charge in [-0.05, 0) is 24.6 Å². The summed E-state index contributed by atoms with van der Waals surface area (Å²) in [6.07, 6.45) is 3.56. The Hall–Kier alpha value is -1.62. The largest absolute Gasteiger partial charge is 0.373 e. The number of hydrogen-bond acceptors (Lipinski definition) is 4. The lowest BCUT2D eigenvalue weighted by Crippen LogP contribution is -2.05. The molecule has 4 nitrogen and oxygen atoms in total. The fraction of sp³-hybridized carbons (Fsp3) is 0.286. The van der Waals surface area contributed by atoms with Crippen molar-refractivity contribution in [3.8, 4) is 0 Å². The standard InChI is InChI=1S/C14H17BrN4/c1-3-5-12-13(16-2)17-9-18-14(12)19-11-7-4-6-10(15)8-11/h4,6-9H,3,5H2,1-2H3,(H2,16,17,18,19). The maximum absolute atomic E-state index is 4.35. The zero-order chi connectivity index (χ0) is 13.7. The Balaban J connectivity index is 2.33. The lowest BCUT2D eigenvalue weighted by molar-refractivity contribution is 0.905. The second-order valence-corrected chi connectivity index (χ2v) is 5.10. The molecule has 19 heavy (non-hydrogen) atoms. The number of nitrogens with one attached hydrogen (secondary N) is 2. The van der Waals surface area contributed by atoms with E-state index in [1.807, 2.05) is 31.3 Å². The van der Waals surface area contributed by atoms with E-state index in [9.17, 15) is 0 Å². The molecule has 0 amide bonds. The Kier molecular flexibility index (Phi) is 4.74. The molecule has 0 aliphatic carbocycles. The highest BCUT2D eigenvalue weighted by atomic mass is 79.9. The highest BCUT2D eigenvalue weighted by molar-refractivity contribution is 9.10. The van der Waals surface area contributed by atoms with Gasteiger partial charge in [0, 0.05) is 22.8 Å². The van der Waals surface area contributed by atoms with Crippen LogP contribution in [0.1, 0.15) is 18.9 Å². The molecular formula is C14H17BrN4. The molecule has 0 aliphatic rings. The minimum absolute atomic E-state index is 0.860. The molecule has 0 atom stereocenters. The van der Waals surface area contributed by atoms with Crippen LogP contribution in [0.5, 0.6) is 0 Å². The third-order valence-corrected chi connectivity index (χ3v) is 3.26. The predicted molar refractivity (Wildman–Crippen MR) is 83.0 cm³/mol. The molecule has 1 heterocycles. The van der Waals surface area contributed by atoms with Crippen molar-refractivity contribution in [3.05, 3.63) is 40.6 Å². The van der Waals surface area contributed by atoms with E-state index in [0.717, 1.165) is 40.2 Å². The minimum Gasteiger partial charge on any atom is -0.373 e. The van der Waals surface area contributed by atoms with Gasteiger partial charge in [-0.25, -0.2) is 9.97 Å². The highest BCUT2D eigenvalue weighted by Gasteiger charge is 2.09. The van der Waals surface area contributed by atoms with Crippen molar-refractivity contribution in [3.63, 3.8) is 0 Å². The second-order valence-electron chi connectivity index (χ2n) is 4.18. The summed E-state index contributed by atoms with van der Waals surface area (Å²) in [5.74, 6) is 1.74. The molecule has 2 rings (SSSR count). The number of rotatable bonds is 5. The molecule has 1 aromatic carbocycles. The average Bonchev–Trinajstić information content (AvgIpc) is 2.41. The number of benzene rings is 1. The molecule has 1 aromatic heterocycles. The number of hydrogen-bond donors (Lipinski definition) is 2. The van der Waals surface area contributed by atoms with Crippen LogP contribution in [0, 0.1) is 0 Å². The van der Waals surface area contributed by atoms with E-state index in [2.05, 4.69) is 43.5 Å². The van der Waals surface area contributed by atoms with Crippen LogP contribution >= 0.6 is 15.9 Å². The molecule has 0 aliphatic heterocycles. The third-order valence-electron chi connectivity index (χ3n) is 2.77. The Labute approximate surface area is 121 Å². The van der Waals surface area contributed by atoms with Gasteiger partial charge < -0.3 is 10.6 Å². The Morgan fingerprint density at radius 2 is 2.00 bits per heavy atom. The topological polar surface area (TPSA) is 49.8 Å². The monoisotopic (exact) mass is 320 g/mol. The van der Waals surface area contributed by atoms with Crippen molar-refractivity contribution in [2.75, 3.05) is 17.7 Å². The van der Waals surface area contributed by atoms with Gasteiger partial charge in [-0.1, -0.05) is 35.3 Å². The Morgan fingerprint density at radius 3 is 2.68 bits per heavy atom. The summed E-state index contributed by atoms with van der Waals surface area (Å²) in [6.45, 7) is 2.15. The van der Waals surface area contributed by atoms with Crippen molar-refractivity contribution in [1.82, 2.24) is 9.97 Å². The summed E-state index contributed by atoms with van der Waals surface area (Å²) >= 11 is 3.47. The first-order chi connectivity index (χ1) is 9.24. The summed E-state index contributed by atoms with van der Waals surface area (Å²) in [4.78, 5) is 8.62. The molecule has 0 saturated carbocycles. The molecule has 0 spiro atoms. The summed E-state index contributed by atoms with van der Waals surface area (Å²) in [7, 11) is 1.88. The Bertz CT molecular complexity index is 557. The van der Waals surface area contributed by atoms with Crippen molar-refractivity contribution in [2.45, 2.75) is 19.8 Å². The summed E-state index contributed by atoms with van der Waals surface area (Å²) in [6, 6.07) is 8.03. The number of anilines is 3. The molecule has 2 N–H and O–H groups in total. The summed E-state index contributed by atoms with van der Waals surface area (Å²) in [5, 5.41) is 6.47. The van der Waals surface area contributed by atoms with Gasteiger partial charge in [0.25, 0.3) is 0 Å². The van der Waals surface area contributed by atoms with Crippen molar-refractivity contribution in [1.29, 1.82) is 0 Å². The lowest BCUT2D eigenvalue weighted by Gasteiger charge is -2.13. The quantitative estimate of drug-likeness (QED) is 0.875. The van der Waals surface area contributed by atoms with Gasteiger partial charge in [0.05, 0.1) is 0 Å². The van der Waals surface area contributed by atoms with E-state index in [0.29, 0.717) is 0 Å². The first kappa shape index (κ1) is 13.8. The van der Waals surface area contributed by atoms with E-state index in [1.165, 1.54) is 0 Å². The van der Waals surface area contributed by atoms with E-state index in [-0.39, 0.29) is 0 Å². The van der Waals surface area contributed by atoms with Gasteiger partial charge in [-0.3, -0.25) is 0 Å². The van der Waals surface area contributed by atoms with Crippen LogP contribution in [0.3, 0.4) is 0 Å². The Morgan fingerprint density at radius 1 is 1.21 bits per heavy atom. The average molecular weight is 321 g/mol. The third kappa shape index (κ3) is 3.44. The lowest BCUT2D eigenvalue weighted by atomic mass is 10.1. The maximum atomic E-state index is 4.35. The fourth-order valence-electron chi connectivity index (χ4n) is 1.93. The van der Waals surface area contributed by atoms with E-state index >= 15 is 0 Å². The first-order valence-corrected chi connectivity index (χ1v) is 7.08. The molecular weight excluding hydrogens is 304 g/mol. The van der Waals surface area contributed by atoms with Gasteiger partial charge >= 0.3 is 0 Å². The SMILES string of the molecule is CCCc1c(NC)ncnc1Nc1cccc(Br)c1. The van der Waals surface area contributed by atoms with Crippen molar-refractivity contribution >= 4 is 33.3 Å². The van der Waals surface area contributed by atoms with Crippen LogP contribution in [0.4, 0.5) is 17.3 Å². The number of nitrogens with zero attached hydrogens (tertiary/aromatic N) is 2. The van der Waals surface area contributed by atoms with Crippen LogP contribution in [0.2, 0.25) is 0 Å². The zero-order valence-electron chi connectivity index (χ0n) is 11.1. The molecule has 2 aromatic rings. The fourth-order valence-corrected chi connectivity index (χ4v) is 2.32. The maximum Gasteiger partial charge on any atom is 0.139 e. The van der Waals surface area contributed by atoms with Gasteiger partial charge in [0.1, 0.15) is 18.0 Å². The molecule has 0 radical (unpaired) electrons. The molecule has 5 heteroatoms. The van der Waals surface area contributed by atoms with Gasteiger partial charge in [0.2, 0.25) is 0 Å². The van der Waals surface area contributed by atoms with Crippen LogP contribution < -0.4 is 10.6 Å². The van der Waals surface area contributed by atoms with E-state index < -0.39 is 0 Å². The molecule has 0 saturated heterocycles. The van der Waals surface area contributed by atoms with Gasteiger partial charge in [-0.2, -0.15) is 0 Å². The molecule has 0 unspecified atom stereocenters. The zero-order valence-corrected chi connectivity index (χ0v) is 12.7. The van der Waals surface area contributed by atoms with E-state index in [1.54, 1.807) is 6.33 Å². The van der Waals surface area contributed by atoms with Crippen LogP contribution in [0.25, 0.3) is 0 Å². The molecule has 0 bridgehead atoms. The second kappa shape index (κ2) is 6.52. The van der Waals surface area contributed by atoms with Crippen LogP contribution in [-0.2, 0) is 6.42 Å². The van der Waals surface area contributed by atoms with Crippen molar-refractivity contribution < 1.29 is 0 Å².